The van der Waals surface area contributed by atoms with Gasteiger partial charge in [-0.25, -0.2) is 0 Å². The van der Waals surface area contributed by atoms with Gasteiger partial charge in [0.25, 0.3) is 0 Å². The van der Waals surface area contributed by atoms with Crippen molar-refractivity contribution in [3.8, 4) is 11.5 Å². The van der Waals surface area contributed by atoms with Crippen LogP contribution >= 0.6 is 0 Å². The monoisotopic (exact) mass is 239 g/mol. The maximum atomic E-state index is 11.1. The summed E-state index contributed by atoms with van der Waals surface area (Å²) in [5, 5.41) is 18.9. The molecule has 1 aromatic rings. The fraction of sp³-hybridized carbons (Fsp3) is 0.417. The van der Waals surface area contributed by atoms with E-state index < -0.39 is 11.9 Å². The Morgan fingerprint density at radius 2 is 2.06 bits per heavy atom. The summed E-state index contributed by atoms with van der Waals surface area (Å²) in [7, 11) is 1.42. The first-order valence-corrected chi connectivity index (χ1v) is 5.23. The van der Waals surface area contributed by atoms with Crippen molar-refractivity contribution >= 4 is 5.97 Å². The molecule has 1 unspecified atom stereocenters. The van der Waals surface area contributed by atoms with Gasteiger partial charge in [-0.2, -0.15) is 0 Å². The standard InChI is InChI=1S/C12H17NO4/c1-6-7(2)11(14)10(17-3)4-8(6)9(5-13)12(15)16/h4,9,14H,5,13H2,1-3H3,(H,15,16). The quantitative estimate of drug-likeness (QED) is 0.732. The first-order chi connectivity index (χ1) is 7.93. The maximum absolute atomic E-state index is 11.1. The van der Waals surface area contributed by atoms with Crippen molar-refractivity contribution in [1.82, 2.24) is 0 Å². The van der Waals surface area contributed by atoms with Crippen LogP contribution < -0.4 is 10.5 Å². The van der Waals surface area contributed by atoms with Crippen molar-refractivity contribution in [2.45, 2.75) is 19.8 Å². The number of rotatable bonds is 4. The number of benzene rings is 1. The van der Waals surface area contributed by atoms with Gasteiger partial charge in [-0.15, -0.1) is 0 Å². The molecule has 0 saturated heterocycles. The van der Waals surface area contributed by atoms with Gasteiger partial charge in [-0.1, -0.05) is 0 Å². The number of carboxylic acid groups (broad SMARTS) is 1. The van der Waals surface area contributed by atoms with Crippen molar-refractivity contribution < 1.29 is 19.7 Å². The Labute approximate surface area is 99.8 Å². The number of carbonyl (C=O) groups is 1. The van der Waals surface area contributed by atoms with Crippen LogP contribution in [-0.2, 0) is 4.79 Å². The van der Waals surface area contributed by atoms with Gasteiger partial charge in [0.05, 0.1) is 13.0 Å². The Bertz CT molecular complexity index is 443. The van der Waals surface area contributed by atoms with Crippen LogP contribution in [0.4, 0.5) is 0 Å². The number of carboxylic acids is 1. The van der Waals surface area contributed by atoms with Crippen LogP contribution in [0.15, 0.2) is 6.07 Å². The maximum Gasteiger partial charge on any atom is 0.312 e. The number of hydrogen-bond donors (Lipinski definition) is 3. The van der Waals surface area contributed by atoms with Gasteiger partial charge in [-0.05, 0) is 36.6 Å². The first kappa shape index (κ1) is 13.3. The highest BCUT2D eigenvalue weighted by molar-refractivity contribution is 5.78. The molecule has 0 fully saturated rings. The lowest BCUT2D eigenvalue weighted by atomic mass is 9.91. The summed E-state index contributed by atoms with van der Waals surface area (Å²) in [6.45, 7) is 3.48. The Balaban J connectivity index is 3.43. The van der Waals surface area contributed by atoms with E-state index in [1.165, 1.54) is 13.2 Å². The Hall–Kier alpha value is -1.75. The smallest absolute Gasteiger partial charge is 0.312 e. The number of aromatic hydroxyl groups is 1. The highest BCUT2D eigenvalue weighted by Gasteiger charge is 2.23. The molecule has 1 rings (SSSR count). The molecule has 0 heterocycles. The fourth-order valence-corrected chi connectivity index (χ4v) is 1.78. The second-order valence-electron chi connectivity index (χ2n) is 3.89. The molecule has 0 aliphatic rings. The molecule has 1 atom stereocenters. The van der Waals surface area contributed by atoms with Crippen LogP contribution in [0, 0.1) is 13.8 Å². The van der Waals surface area contributed by atoms with Gasteiger partial charge < -0.3 is 20.7 Å². The van der Waals surface area contributed by atoms with E-state index >= 15 is 0 Å². The molecular formula is C12H17NO4. The van der Waals surface area contributed by atoms with E-state index in [9.17, 15) is 9.90 Å². The van der Waals surface area contributed by atoms with E-state index in [1.807, 2.05) is 0 Å². The summed E-state index contributed by atoms with van der Waals surface area (Å²) < 4.78 is 5.01. The number of hydrogen-bond acceptors (Lipinski definition) is 4. The van der Waals surface area contributed by atoms with Crippen molar-refractivity contribution in [3.63, 3.8) is 0 Å². The van der Waals surface area contributed by atoms with Crippen molar-refractivity contribution in [2.75, 3.05) is 13.7 Å². The summed E-state index contributed by atoms with van der Waals surface area (Å²) in [5.74, 6) is -1.47. The number of ether oxygens (including phenoxy) is 1. The van der Waals surface area contributed by atoms with E-state index in [4.69, 9.17) is 15.6 Å². The second kappa shape index (κ2) is 5.05. The molecular weight excluding hydrogens is 222 g/mol. The predicted octanol–water partition coefficient (Wildman–Crippen LogP) is 1.14. The van der Waals surface area contributed by atoms with Crippen LogP contribution in [-0.4, -0.2) is 29.8 Å². The zero-order chi connectivity index (χ0) is 13.2. The zero-order valence-corrected chi connectivity index (χ0v) is 10.2. The molecule has 0 saturated carbocycles. The Kier molecular flexibility index (Phi) is 3.96. The van der Waals surface area contributed by atoms with Crippen molar-refractivity contribution in [2.24, 2.45) is 5.73 Å². The van der Waals surface area contributed by atoms with Crippen LogP contribution in [0.3, 0.4) is 0 Å². The van der Waals surface area contributed by atoms with Gasteiger partial charge >= 0.3 is 5.97 Å². The van der Waals surface area contributed by atoms with E-state index in [2.05, 4.69) is 0 Å². The van der Waals surface area contributed by atoms with Gasteiger partial charge in [0, 0.05) is 6.54 Å². The number of phenolic OH excluding ortho intramolecular Hbond substituents is 1. The highest BCUT2D eigenvalue weighted by atomic mass is 16.5. The predicted molar refractivity (Wildman–Crippen MR) is 63.6 cm³/mol. The molecule has 94 valence electrons. The van der Waals surface area contributed by atoms with E-state index in [1.54, 1.807) is 13.8 Å². The molecule has 0 aromatic heterocycles. The minimum Gasteiger partial charge on any atom is -0.504 e. The molecule has 0 amide bonds. The summed E-state index contributed by atoms with van der Waals surface area (Å²) in [6, 6.07) is 1.53. The van der Waals surface area contributed by atoms with Crippen LogP contribution in [0.1, 0.15) is 22.6 Å². The first-order valence-electron chi connectivity index (χ1n) is 5.23. The number of methoxy groups -OCH3 is 1. The fourth-order valence-electron chi connectivity index (χ4n) is 1.78. The summed E-state index contributed by atoms with van der Waals surface area (Å²) >= 11 is 0. The molecule has 0 spiro atoms. The second-order valence-corrected chi connectivity index (χ2v) is 3.89. The molecule has 0 radical (unpaired) electrons. The molecule has 1 aromatic carbocycles. The summed E-state index contributed by atoms with van der Waals surface area (Å²) in [4.78, 5) is 11.1. The lowest BCUT2D eigenvalue weighted by Crippen LogP contribution is -2.22. The summed E-state index contributed by atoms with van der Waals surface area (Å²) in [6.07, 6.45) is 0. The molecule has 4 N–H and O–H groups in total. The molecule has 17 heavy (non-hydrogen) atoms. The van der Waals surface area contributed by atoms with E-state index in [0.29, 0.717) is 11.1 Å². The molecule has 0 aliphatic carbocycles. The van der Waals surface area contributed by atoms with Gasteiger partial charge in [0.2, 0.25) is 0 Å². The highest BCUT2D eigenvalue weighted by Crippen LogP contribution is 2.36. The van der Waals surface area contributed by atoms with Crippen LogP contribution in [0.2, 0.25) is 0 Å². The topological polar surface area (TPSA) is 92.8 Å². The van der Waals surface area contributed by atoms with Gasteiger partial charge in [0.1, 0.15) is 0 Å². The van der Waals surface area contributed by atoms with Crippen LogP contribution in [0.5, 0.6) is 11.5 Å². The summed E-state index contributed by atoms with van der Waals surface area (Å²) in [5.41, 5.74) is 7.38. The third-order valence-corrected chi connectivity index (χ3v) is 3.00. The third-order valence-electron chi connectivity index (χ3n) is 3.00. The van der Waals surface area contributed by atoms with Crippen molar-refractivity contribution in [1.29, 1.82) is 0 Å². The number of aliphatic carboxylic acids is 1. The van der Waals surface area contributed by atoms with E-state index in [-0.39, 0.29) is 18.0 Å². The Morgan fingerprint density at radius 3 is 2.47 bits per heavy atom. The lowest BCUT2D eigenvalue weighted by molar-refractivity contribution is -0.138. The van der Waals surface area contributed by atoms with E-state index in [0.717, 1.165) is 5.56 Å². The van der Waals surface area contributed by atoms with Gasteiger partial charge in [0.15, 0.2) is 11.5 Å². The average Bonchev–Trinajstić information content (AvgIpc) is 2.29. The minimum absolute atomic E-state index is 0.00351. The largest absolute Gasteiger partial charge is 0.504 e. The third kappa shape index (κ3) is 2.34. The number of nitrogens with two attached hydrogens (primary N) is 1. The molecule has 5 heteroatoms. The van der Waals surface area contributed by atoms with Crippen LogP contribution in [0.25, 0.3) is 0 Å². The zero-order valence-electron chi connectivity index (χ0n) is 10.2. The SMILES string of the molecule is COc1cc(C(CN)C(=O)O)c(C)c(C)c1O. The molecule has 5 nitrogen and oxygen atoms in total. The van der Waals surface area contributed by atoms with Crippen molar-refractivity contribution in [3.05, 3.63) is 22.8 Å². The van der Waals surface area contributed by atoms with Gasteiger partial charge in [-0.3, -0.25) is 4.79 Å². The Morgan fingerprint density at radius 1 is 1.47 bits per heavy atom. The molecule has 0 aliphatic heterocycles. The normalized spacial score (nSPS) is 12.2. The average molecular weight is 239 g/mol. The number of phenols is 1. The minimum atomic E-state index is -0.984. The lowest BCUT2D eigenvalue weighted by Gasteiger charge is -2.18. The molecule has 0 bridgehead atoms.